The van der Waals surface area contributed by atoms with E-state index in [0.29, 0.717) is 11.4 Å². The molecule has 0 saturated heterocycles. The van der Waals surface area contributed by atoms with Crippen LogP contribution in [0.5, 0.6) is 0 Å². The number of anilines is 1. The first kappa shape index (κ1) is 10.1. The van der Waals surface area contributed by atoms with Crippen LogP contribution in [0.1, 0.15) is 12.8 Å². The Kier molecular flexibility index (Phi) is 2.87. The molecular weight excluding hydrogens is 291 g/mol. The summed E-state index contributed by atoms with van der Waals surface area (Å²) in [5.74, 6) is 0.699. The van der Waals surface area contributed by atoms with Crippen molar-refractivity contribution in [1.82, 2.24) is 9.97 Å². The van der Waals surface area contributed by atoms with Gasteiger partial charge in [-0.15, -0.1) is 0 Å². The summed E-state index contributed by atoms with van der Waals surface area (Å²) in [6.45, 7) is 1.65. The van der Waals surface area contributed by atoms with Gasteiger partial charge in [0.15, 0.2) is 0 Å². The quantitative estimate of drug-likeness (QED) is 0.821. The van der Waals surface area contributed by atoms with E-state index in [2.05, 4.69) is 37.9 Å². The molecule has 3 N–H and O–H groups in total. The van der Waals surface area contributed by atoms with Crippen LogP contribution in [0.25, 0.3) is 0 Å². The van der Waals surface area contributed by atoms with E-state index in [-0.39, 0.29) is 0 Å². The molecule has 14 heavy (non-hydrogen) atoms. The maximum Gasteiger partial charge on any atom is 0.222 e. The standard InChI is InChI=1S/C9H13IN4/c10-7-3-12-8(13-4-7)14-6-9(5-11)1-2-9/h3-4H,1-2,5-6,11H2,(H,12,13,14). The molecule has 1 fully saturated rings. The maximum absolute atomic E-state index is 5.68. The van der Waals surface area contributed by atoms with E-state index in [1.807, 2.05) is 0 Å². The zero-order valence-corrected chi connectivity index (χ0v) is 9.99. The van der Waals surface area contributed by atoms with E-state index in [9.17, 15) is 0 Å². The number of nitrogens with two attached hydrogens (primary N) is 1. The first-order valence-corrected chi connectivity index (χ1v) is 5.73. The van der Waals surface area contributed by atoms with Crippen molar-refractivity contribution in [3.8, 4) is 0 Å². The van der Waals surface area contributed by atoms with Gasteiger partial charge in [0, 0.05) is 22.5 Å². The van der Waals surface area contributed by atoms with Crippen LogP contribution >= 0.6 is 22.6 Å². The zero-order chi connectivity index (χ0) is 10.0. The first-order chi connectivity index (χ1) is 6.74. The lowest BCUT2D eigenvalue weighted by atomic mass is 10.1. The third kappa shape index (κ3) is 2.33. The minimum atomic E-state index is 0.326. The van der Waals surface area contributed by atoms with Gasteiger partial charge >= 0.3 is 0 Å². The van der Waals surface area contributed by atoms with Crippen LogP contribution in [-0.2, 0) is 0 Å². The van der Waals surface area contributed by atoms with Crippen molar-refractivity contribution in [1.29, 1.82) is 0 Å². The van der Waals surface area contributed by atoms with Gasteiger partial charge in [0.25, 0.3) is 0 Å². The van der Waals surface area contributed by atoms with Crippen LogP contribution < -0.4 is 11.1 Å². The Balaban J connectivity index is 1.89. The van der Waals surface area contributed by atoms with E-state index in [4.69, 9.17) is 5.73 Å². The van der Waals surface area contributed by atoms with Gasteiger partial charge in [-0.25, -0.2) is 9.97 Å². The topological polar surface area (TPSA) is 63.8 Å². The van der Waals surface area contributed by atoms with Crippen molar-refractivity contribution in [2.45, 2.75) is 12.8 Å². The van der Waals surface area contributed by atoms with Crippen molar-refractivity contribution in [3.63, 3.8) is 0 Å². The highest BCUT2D eigenvalue weighted by atomic mass is 127. The van der Waals surface area contributed by atoms with Gasteiger partial charge in [0.05, 0.1) is 0 Å². The van der Waals surface area contributed by atoms with E-state index in [0.717, 1.165) is 16.7 Å². The fraction of sp³-hybridized carbons (Fsp3) is 0.556. The third-order valence-electron chi connectivity index (χ3n) is 2.63. The lowest BCUT2D eigenvalue weighted by Gasteiger charge is -2.12. The average Bonchev–Trinajstić information content (AvgIpc) is 2.98. The molecule has 1 heterocycles. The van der Waals surface area contributed by atoms with Crippen LogP contribution in [-0.4, -0.2) is 23.1 Å². The highest BCUT2D eigenvalue weighted by Crippen LogP contribution is 2.44. The zero-order valence-electron chi connectivity index (χ0n) is 7.83. The second-order valence-corrected chi connectivity index (χ2v) is 5.03. The molecule has 1 aliphatic rings. The number of nitrogens with zero attached hydrogens (tertiary/aromatic N) is 2. The molecule has 2 rings (SSSR count). The van der Waals surface area contributed by atoms with Crippen LogP contribution in [0.2, 0.25) is 0 Å². The van der Waals surface area contributed by atoms with Crippen LogP contribution in [0.3, 0.4) is 0 Å². The number of hydrogen-bond acceptors (Lipinski definition) is 4. The van der Waals surface area contributed by atoms with Gasteiger partial charge in [-0.3, -0.25) is 0 Å². The Labute approximate surface area is 96.8 Å². The van der Waals surface area contributed by atoms with E-state index < -0.39 is 0 Å². The van der Waals surface area contributed by atoms with Gasteiger partial charge in [-0.2, -0.15) is 0 Å². The van der Waals surface area contributed by atoms with Crippen molar-refractivity contribution < 1.29 is 0 Å². The van der Waals surface area contributed by atoms with E-state index in [1.54, 1.807) is 12.4 Å². The lowest BCUT2D eigenvalue weighted by Crippen LogP contribution is -2.24. The monoisotopic (exact) mass is 304 g/mol. The third-order valence-corrected chi connectivity index (χ3v) is 3.19. The molecule has 0 amide bonds. The predicted molar refractivity (Wildman–Crippen MR) is 64.0 cm³/mol. The molecule has 0 spiro atoms. The fourth-order valence-corrected chi connectivity index (χ4v) is 1.58. The number of hydrogen-bond donors (Lipinski definition) is 2. The number of aromatic nitrogens is 2. The smallest absolute Gasteiger partial charge is 0.222 e. The summed E-state index contributed by atoms with van der Waals surface area (Å²) in [6.07, 6.45) is 6.05. The molecule has 0 bridgehead atoms. The molecule has 0 aliphatic heterocycles. The molecule has 0 atom stereocenters. The number of halogens is 1. The average molecular weight is 304 g/mol. The lowest BCUT2D eigenvalue weighted by molar-refractivity contribution is 0.554. The summed E-state index contributed by atoms with van der Waals surface area (Å²) in [6, 6.07) is 0. The summed E-state index contributed by atoms with van der Waals surface area (Å²) in [5.41, 5.74) is 6.00. The van der Waals surface area contributed by atoms with Gasteiger partial charge in [0.1, 0.15) is 0 Å². The first-order valence-electron chi connectivity index (χ1n) is 4.66. The SMILES string of the molecule is NCC1(CNc2ncc(I)cn2)CC1. The Morgan fingerprint density at radius 2 is 2.07 bits per heavy atom. The molecule has 0 aromatic carbocycles. The molecule has 0 radical (unpaired) electrons. The molecule has 0 unspecified atom stereocenters. The largest absolute Gasteiger partial charge is 0.354 e. The van der Waals surface area contributed by atoms with Gasteiger partial charge in [0.2, 0.25) is 5.95 Å². The summed E-state index contributed by atoms with van der Waals surface area (Å²) < 4.78 is 1.05. The molecule has 1 aromatic heterocycles. The maximum atomic E-state index is 5.68. The van der Waals surface area contributed by atoms with Gasteiger partial charge < -0.3 is 11.1 Å². The minimum Gasteiger partial charge on any atom is -0.354 e. The van der Waals surface area contributed by atoms with Crippen molar-refractivity contribution in [3.05, 3.63) is 16.0 Å². The fourth-order valence-electron chi connectivity index (χ4n) is 1.30. The highest BCUT2D eigenvalue weighted by molar-refractivity contribution is 14.1. The van der Waals surface area contributed by atoms with Crippen LogP contribution in [0.15, 0.2) is 12.4 Å². The summed E-state index contributed by atoms with van der Waals surface area (Å²) in [4.78, 5) is 8.35. The molecule has 4 nitrogen and oxygen atoms in total. The Hall–Kier alpha value is -0.430. The molecule has 1 saturated carbocycles. The van der Waals surface area contributed by atoms with Gasteiger partial charge in [-0.05, 0) is 47.4 Å². The molecular formula is C9H13IN4. The number of nitrogens with one attached hydrogen (secondary N) is 1. The predicted octanol–water partition coefficient (Wildman–Crippen LogP) is 1.23. The van der Waals surface area contributed by atoms with Crippen molar-refractivity contribution in [2.75, 3.05) is 18.4 Å². The Morgan fingerprint density at radius 1 is 1.43 bits per heavy atom. The minimum absolute atomic E-state index is 0.326. The normalized spacial score (nSPS) is 17.9. The summed E-state index contributed by atoms with van der Waals surface area (Å²) >= 11 is 2.19. The Bertz CT molecular complexity index is 307. The van der Waals surface area contributed by atoms with Crippen LogP contribution in [0.4, 0.5) is 5.95 Å². The van der Waals surface area contributed by atoms with Crippen molar-refractivity contribution >= 4 is 28.5 Å². The summed E-state index contributed by atoms with van der Waals surface area (Å²) in [7, 11) is 0. The Morgan fingerprint density at radius 3 is 2.57 bits per heavy atom. The van der Waals surface area contributed by atoms with Crippen molar-refractivity contribution in [2.24, 2.45) is 11.1 Å². The molecule has 76 valence electrons. The van der Waals surface area contributed by atoms with Gasteiger partial charge in [-0.1, -0.05) is 0 Å². The molecule has 1 aromatic rings. The molecule has 5 heteroatoms. The highest BCUT2D eigenvalue weighted by Gasteiger charge is 2.40. The second kappa shape index (κ2) is 3.98. The van der Waals surface area contributed by atoms with Crippen LogP contribution in [0, 0.1) is 8.99 Å². The van der Waals surface area contributed by atoms with E-state index >= 15 is 0 Å². The number of rotatable bonds is 4. The van der Waals surface area contributed by atoms with E-state index in [1.165, 1.54) is 12.8 Å². The summed E-state index contributed by atoms with van der Waals surface area (Å²) in [5, 5.41) is 3.22. The molecule has 1 aliphatic carbocycles. The second-order valence-electron chi connectivity index (χ2n) is 3.78.